The van der Waals surface area contributed by atoms with Crippen LogP contribution in [0.4, 0.5) is 8.78 Å². The van der Waals surface area contributed by atoms with Crippen LogP contribution < -0.4 is 10.2 Å². The molecular weight excluding hydrogens is 332 g/mol. The summed E-state index contributed by atoms with van der Waals surface area (Å²) in [5.41, 5.74) is -0.597. The van der Waals surface area contributed by atoms with E-state index in [1.54, 1.807) is 30.3 Å². The summed E-state index contributed by atoms with van der Waals surface area (Å²) in [4.78, 5) is 23.6. The van der Waals surface area contributed by atoms with Gasteiger partial charge in [0.15, 0.2) is 11.6 Å². The van der Waals surface area contributed by atoms with Crippen molar-refractivity contribution in [2.75, 3.05) is 0 Å². The van der Waals surface area contributed by atoms with Gasteiger partial charge in [-0.1, -0.05) is 30.3 Å². The Bertz CT molecular complexity index is 1080. The number of rotatable bonds is 2. The van der Waals surface area contributed by atoms with Crippen LogP contribution in [-0.2, 0) is 6.54 Å². The highest BCUT2D eigenvalue weighted by Gasteiger charge is 2.30. The van der Waals surface area contributed by atoms with Crippen LogP contribution in [0.5, 0.6) is 5.75 Å². The molecule has 1 aliphatic rings. The van der Waals surface area contributed by atoms with E-state index in [0.29, 0.717) is 6.07 Å². The number of hydrogen-bond donors (Lipinski definition) is 1. The Labute approximate surface area is 139 Å². The SMILES string of the molecule is O=C(O)c1cn2c3c(c(F)c(F)cc3c1=O)OC(c1ccccc1)C2. The molecule has 25 heavy (non-hydrogen) atoms. The Morgan fingerprint density at radius 1 is 1.24 bits per heavy atom. The van der Waals surface area contributed by atoms with Gasteiger partial charge in [0, 0.05) is 6.20 Å². The largest absolute Gasteiger partial charge is 0.478 e. The van der Waals surface area contributed by atoms with Gasteiger partial charge in [0.05, 0.1) is 17.4 Å². The molecule has 7 heteroatoms. The summed E-state index contributed by atoms with van der Waals surface area (Å²) in [6, 6.07) is 9.61. The number of benzene rings is 2. The molecule has 3 aromatic rings. The lowest BCUT2D eigenvalue weighted by atomic mass is 10.0. The third kappa shape index (κ3) is 2.27. The molecule has 5 nitrogen and oxygen atoms in total. The summed E-state index contributed by atoms with van der Waals surface area (Å²) < 4.78 is 35.3. The van der Waals surface area contributed by atoms with E-state index in [-0.39, 0.29) is 23.2 Å². The van der Waals surface area contributed by atoms with Crippen LogP contribution in [0.3, 0.4) is 0 Å². The number of aromatic nitrogens is 1. The standard InChI is InChI=1S/C18H11F2NO4/c19-12-6-10-15-17(14(12)20)25-13(9-4-2-1-3-5-9)8-21(15)7-11(16(10)22)18(23)24/h1-7,13H,8H2,(H,23,24). The Hall–Kier alpha value is -3.22. The fourth-order valence-corrected chi connectivity index (χ4v) is 3.08. The molecule has 1 aromatic heterocycles. The highest BCUT2D eigenvalue weighted by Crippen LogP contribution is 2.38. The molecule has 2 heterocycles. The van der Waals surface area contributed by atoms with E-state index in [1.807, 2.05) is 0 Å². The van der Waals surface area contributed by atoms with Crippen molar-refractivity contribution >= 4 is 16.9 Å². The lowest BCUT2D eigenvalue weighted by Crippen LogP contribution is -2.27. The van der Waals surface area contributed by atoms with E-state index < -0.39 is 34.7 Å². The predicted molar refractivity (Wildman–Crippen MR) is 84.9 cm³/mol. The van der Waals surface area contributed by atoms with E-state index in [4.69, 9.17) is 4.74 Å². The molecular formula is C18H11F2NO4. The van der Waals surface area contributed by atoms with Gasteiger partial charge in [-0.2, -0.15) is 4.39 Å². The molecule has 4 rings (SSSR count). The molecule has 0 bridgehead atoms. The van der Waals surface area contributed by atoms with Crippen LogP contribution >= 0.6 is 0 Å². The smallest absolute Gasteiger partial charge is 0.341 e. The van der Waals surface area contributed by atoms with Crippen molar-refractivity contribution in [3.8, 4) is 5.75 Å². The van der Waals surface area contributed by atoms with Crippen LogP contribution in [0, 0.1) is 11.6 Å². The average molecular weight is 343 g/mol. The van der Waals surface area contributed by atoms with Gasteiger partial charge >= 0.3 is 5.97 Å². The summed E-state index contributed by atoms with van der Waals surface area (Å²) >= 11 is 0. The minimum atomic E-state index is -1.43. The van der Waals surface area contributed by atoms with E-state index in [0.717, 1.165) is 11.8 Å². The van der Waals surface area contributed by atoms with Crippen LogP contribution in [-0.4, -0.2) is 15.6 Å². The second-order valence-electron chi connectivity index (χ2n) is 5.74. The van der Waals surface area contributed by atoms with E-state index >= 15 is 0 Å². The van der Waals surface area contributed by atoms with Gasteiger partial charge in [-0.15, -0.1) is 0 Å². The first-order valence-electron chi connectivity index (χ1n) is 7.47. The number of pyridine rings is 1. The number of carboxylic acids is 1. The normalized spacial score (nSPS) is 15.8. The first kappa shape index (κ1) is 15.3. The van der Waals surface area contributed by atoms with Crippen LogP contribution in [0.1, 0.15) is 22.0 Å². The van der Waals surface area contributed by atoms with Crippen LogP contribution in [0.2, 0.25) is 0 Å². The molecule has 1 aliphatic heterocycles. The van der Waals surface area contributed by atoms with Gasteiger partial charge < -0.3 is 14.4 Å². The average Bonchev–Trinajstić information content (AvgIpc) is 2.61. The lowest BCUT2D eigenvalue weighted by molar-refractivity contribution is 0.0694. The number of carboxylic acid groups (broad SMARTS) is 1. The van der Waals surface area contributed by atoms with Crippen molar-refractivity contribution < 1.29 is 23.4 Å². The van der Waals surface area contributed by atoms with Gasteiger partial charge in [0.2, 0.25) is 11.2 Å². The summed E-state index contributed by atoms with van der Waals surface area (Å²) in [6.07, 6.45) is 0.504. The molecule has 1 unspecified atom stereocenters. The van der Waals surface area contributed by atoms with Crippen LogP contribution in [0.25, 0.3) is 10.9 Å². The van der Waals surface area contributed by atoms with Gasteiger partial charge in [-0.05, 0) is 11.6 Å². The zero-order valence-electron chi connectivity index (χ0n) is 12.7. The summed E-state index contributed by atoms with van der Waals surface area (Å²) in [7, 11) is 0. The molecule has 0 radical (unpaired) electrons. The zero-order valence-corrected chi connectivity index (χ0v) is 12.7. The molecule has 0 saturated carbocycles. The van der Waals surface area contributed by atoms with Crippen molar-refractivity contribution in [3.05, 3.63) is 75.6 Å². The molecule has 0 fully saturated rings. The van der Waals surface area contributed by atoms with Gasteiger partial charge in [-0.3, -0.25) is 4.79 Å². The van der Waals surface area contributed by atoms with E-state index in [9.17, 15) is 23.5 Å². The summed E-state index contributed by atoms with van der Waals surface area (Å²) in [5.74, 6) is -4.28. The third-order valence-electron chi connectivity index (χ3n) is 4.24. The van der Waals surface area contributed by atoms with E-state index in [2.05, 4.69) is 0 Å². The quantitative estimate of drug-likeness (QED) is 0.776. The first-order valence-corrected chi connectivity index (χ1v) is 7.47. The fourth-order valence-electron chi connectivity index (χ4n) is 3.08. The summed E-state index contributed by atoms with van der Waals surface area (Å²) in [5, 5.41) is 9.00. The second kappa shape index (κ2) is 5.41. The number of halogens is 2. The number of carbonyl (C=O) groups is 1. The fraction of sp³-hybridized carbons (Fsp3) is 0.111. The maximum Gasteiger partial charge on any atom is 0.341 e. The Kier molecular flexibility index (Phi) is 3.31. The topological polar surface area (TPSA) is 68.5 Å². The molecule has 0 aliphatic carbocycles. The van der Waals surface area contributed by atoms with Crippen molar-refractivity contribution in [3.63, 3.8) is 0 Å². The maximum atomic E-state index is 14.3. The van der Waals surface area contributed by atoms with Crippen molar-refractivity contribution in [1.82, 2.24) is 4.57 Å². The van der Waals surface area contributed by atoms with Crippen molar-refractivity contribution in [1.29, 1.82) is 0 Å². The predicted octanol–water partition coefficient (Wildman–Crippen LogP) is 3.11. The van der Waals surface area contributed by atoms with Gasteiger partial charge in [-0.25, -0.2) is 9.18 Å². The highest BCUT2D eigenvalue weighted by molar-refractivity contribution is 5.94. The maximum absolute atomic E-state index is 14.3. The molecule has 1 N–H and O–H groups in total. The third-order valence-corrected chi connectivity index (χ3v) is 4.24. The molecule has 126 valence electrons. The zero-order chi connectivity index (χ0) is 17.7. The Balaban J connectivity index is 2.02. The van der Waals surface area contributed by atoms with Crippen molar-refractivity contribution in [2.24, 2.45) is 0 Å². The monoisotopic (exact) mass is 343 g/mol. The Morgan fingerprint density at radius 2 is 1.96 bits per heavy atom. The summed E-state index contributed by atoms with van der Waals surface area (Å²) in [6.45, 7) is 0.166. The van der Waals surface area contributed by atoms with Crippen molar-refractivity contribution in [2.45, 2.75) is 12.6 Å². The van der Waals surface area contributed by atoms with Crippen LogP contribution in [0.15, 0.2) is 47.4 Å². The highest BCUT2D eigenvalue weighted by atomic mass is 19.2. The number of ether oxygens (including phenoxy) is 1. The number of nitrogens with zero attached hydrogens (tertiary/aromatic N) is 1. The minimum absolute atomic E-state index is 0.0566. The minimum Gasteiger partial charge on any atom is -0.478 e. The van der Waals surface area contributed by atoms with Gasteiger partial charge in [0.25, 0.3) is 0 Å². The molecule has 0 spiro atoms. The van der Waals surface area contributed by atoms with E-state index in [1.165, 1.54) is 4.57 Å². The lowest BCUT2D eigenvalue weighted by Gasteiger charge is -2.29. The molecule has 0 saturated heterocycles. The van der Waals surface area contributed by atoms with Gasteiger partial charge in [0.1, 0.15) is 11.7 Å². The molecule has 1 atom stereocenters. The Morgan fingerprint density at radius 3 is 2.64 bits per heavy atom. The number of hydrogen-bond acceptors (Lipinski definition) is 3. The molecule has 0 amide bonds. The second-order valence-corrected chi connectivity index (χ2v) is 5.74. The molecule has 2 aromatic carbocycles. The number of aromatic carboxylic acids is 1. The first-order chi connectivity index (χ1) is 12.0.